The van der Waals surface area contributed by atoms with Gasteiger partial charge in [-0.3, -0.25) is 4.79 Å². The summed E-state index contributed by atoms with van der Waals surface area (Å²) >= 11 is 5.16. The van der Waals surface area contributed by atoms with Crippen LogP contribution in [0, 0.1) is 6.92 Å². The molecular weight excluding hydrogens is 293 g/mol. The van der Waals surface area contributed by atoms with Gasteiger partial charge in [-0.1, -0.05) is 6.07 Å². The van der Waals surface area contributed by atoms with E-state index in [-0.39, 0.29) is 11.1 Å². The molecule has 0 N–H and O–H groups in total. The number of carbonyl (C=O) groups excluding carboxylic acids is 1. The average molecular weight is 301 g/mol. The lowest BCUT2D eigenvalue weighted by atomic mass is 10.00. The first-order chi connectivity index (χ1) is 8.12. The number of hydrogen-bond donors (Lipinski definition) is 1. The Morgan fingerprint density at radius 2 is 1.89 bits per heavy atom. The van der Waals surface area contributed by atoms with Crippen molar-refractivity contribution in [2.75, 3.05) is 0 Å². The second-order valence-corrected chi connectivity index (χ2v) is 4.91. The van der Waals surface area contributed by atoms with E-state index in [1.54, 1.807) is 0 Å². The maximum absolute atomic E-state index is 12.7. The molecule has 0 spiro atoms. The first kappa shape index (κ1) is 15.0. The number of halogens is 4. The zero-order valence-electron chi connectivity index (χ0n) is 9.05. The molecule has 3 nitrogen and oxygen atoms in total. The topological polar surface area (TPSA) is 51.2 Å². The molecule has 1 aromatic rings. The molecule has 1 aromatic carbocycles. The lowest BCUT2D eigenvalue weighted by Gasteiger charge is -2.14. The molecule has 0 aromatic heterocycles. The summed E-state index contributed by atoms with van der Waals surface area (Å²) in [5.74, 6) is -0.734. The van der Waals surface area contributed by atoms with Crippen molar-refractivity contribution in [3.8, 4) is 0 Å². The lowest BCUT2D eigenvalue weighted by molar-refractivity contribution is -0.138. The number of aryl methyl sites for hydroxylation is 1. The molecule has 0 fully saturated rings. The molecular formula is C10H8ClF3O3S. The highest BCUT2D eigenvalue weighted by Gasteiger charge is 2.34. The zero-order valence-corrected chi connectivity index (χ0v) is 10.7. The van der Waals surface area contributed by atoms with Crippen LogP contribution in [0.5, 0.6) is 0 Å². The van der Waals surface area contributed by atoms with E-state index in [1.807, 2.05) is 0 Å². The van der Waals surface area contributed by atoms with Crippen molar-refractivity contribution < 1.29 is 26.4 Å². The average Bonchev–Trinajstić information content (AvgIpc) is 2.13. The van der Waals surface area contributed by atoms with Crippen LogP contribution in [0.25, 0.3) is 0 Å². The number of hydrogen-bond acceptors (Lipinski definition) is 3. The minimum Gasteiger partial charge on any atom is -0.276 e. The Morgan fingerprint density at radius 1 is 1.33 bits per heavy atom. The molecule has 18 heavy (non-hydrogen) atoms. The monoisotopic (exact) mass is 300 g/mol. The van der Waals surface area contributed by atoms with Crippen LogP contribution in [-0.4, -0.2) is 13.7 Å². The Morgan fingerprint density at radius 3 is 2.28 bits per heavy atom. The SMILES string of the molecule is Cc1cc(C[SH](=O)=O)c(C(F)(F)F)cc1C(=O)Cl. The van der Waals surface area contributed by atoms with Crippen molar-refractivity contribution in [1.82, 2.24) is 0 Å². The number of benzene rings is 1. The van der Waals surface area contributed by atoms with Crippen molar-refractivity contribution in [3.05, 3.63) is 34.4 Å². The van der Waals surface area contributed by atoms with Gasteiger partial charge in [0.2, 0.25) is 0 Å². The van der Waals surface area contributed by atoms with Crippen molar-refractivity contribution in [2.45, 2.75) is 18.9 Å². The Labute approximate surface area is 108 Å². The molecule has 0 aliphatic heterocycles. The number of rotatable bonds is 3. The zero-order chi connectivity index (χ0) is 14.1. The van der Waals surface area contributed by atoms with Gasteiger partial charge < -0.3 is 0 Å². The van der Waals surface area contributed by atoms with Gasteiger partial charge in [0, 0.05) is 5.56 Å². The normalized spacial score (nSPS) is 11.9. The molecule has 0 bridgehead atoms. The second kappa shape index (κ2) is 5.27. The number of carbonyl (C=O) groups is 1. The summed E-state index contributed by atoms with van der Waals surface area (Å²) in [6, 6.07) is 1.60. The molecule has 0 unspecified atom stereocenters. The van der Waals surface area contributed by atoms with Gasteiger partial charge in [0.1, 0.15) is 10.7 Å². The van der Waals surface area contributed by atoms with Gasteiger partial charge in [-0.15, -0.1) is 0 Å². The molecule has 0 aliphatic rings. The maximum atomic E-state index is 12.7. The smallest absolute Gasteiger partial charge is 0.276 e. The molecule has 8 heteroatoms. The summed E-state index contributed by atoms with van der Waals surface area (Å²) in [6.45, 7) is 1.39. The predicted octanol–water partition coefficient (Wildman–Crippen LogP) is 2.50. The largest absolute Gasteiger partial charge is 0.416 e. The van der Waals surface area contributed by atoms with Gasteiger partial charge in [0.05, 0.1) is 11.3 Å². The maximum Gasteiger partial charge on any atom is 0.416 e. The third kappa shape index (κ3) is 3.46. The quantitative estimate of drug-likeness (QED) is 0.689. The third-order valence-electron chi connectivity index (χ3n) is 2.27. The Kier molecular flexibility index (Phi) is 4.39. The van der Waals surface area contributed by atoms with Gasteiger partial charge in [-0.05, 0) is 35.7 Å². The first-order valence-electron chi connectivity index (χ1n) is 4.65. The van der Waals surface area contributed by atoms with E-state index in [0.717, 1.165) is 6.07 Å². The molecule has 0 aliphatic carbocycles. The fourth-order valence-corrected chi connectivity index (χ4v) is 2.26. The molecule has 0 saturated heterocycles. The molecule has 0 atom stereocenters. The van der Waals surface area contributed by atoms with E-state index < -0.39 is 39.0 Å². The fraction of sp³-hybridized carbons (Fsp3) is 0.300. The number of alkyl halides is 3. The number of thiol groups is 1. The molecule has 0 heterocycles. The van der Waals surface area contributed by atoms with Crippen LogP contribution in [0.2, 0.25) is 0 Å². The predicted molar refractivity (Wildman–Crippen MR) is 60.4 cm³/mol. The van der Waals surface area contributed by atoms with Crippen molar-refractivity contribution in [1.29, 1.82) is 0 Å². The summed E-state index contributed by atoms with van der Waals surface area (Å²) in [5, 5.41) is -1.02. The van der Waals surface area contributed by atoms with E-state index in [0.29, 0.717) is 6.07 Å². The third-order valence-corrected chi connectivity index (χ3v) is 3.07. The molecule has 100 valence electrons. The highest BCUT2D eigenvalue weighted by Crippen LogP contribution is 2.34. The first-order valence-corrected chi connectivity index (χ1v) is 6.39. The summed E-state index contributed by atoms with van der Waals surface area (Å²) in [7, 11) is -3.00. The summed E-state index contributed by atoms with van der Waals surface area (Å²) in [4.78, 5) is 11.0. The van der Waals surface area contributed by atoms with Gasteiger partial charge in [-0.25, -0.2) is 8.42 Å². The molecule has 0 saturated carbocycles. The van der Waals surface area contributed by atoms with E-state index in [2.05, 4.69) is 0 Å². The van der Waals surface area contributed by atoms with Crippen molar-refractivity contribution in [2.24, 2.45) is 0 Å². The highest BCUT2D eigenvalue weighted by atomic mass is 35.5. The van der Waals surface area contributed by atoms with Crippen LogP contribution in [0.3, 0.4) is 0 Å². The summed E-state index contributed by atoms with van der Waals surface area (Å²) in [5.41, 5.74) is -1.63. The van der Waals surface area contributed by atoms with E-state index >= 15 is 0 Å². The minimum absolute atomic E-state index is 0.204. The van der Waals surface area contributed by atoms with E-state index in [1.165, 1.54) is 6.92 Å². The lowest BCUT2D eigenvalue weighted by Crippen LogP contribution is -2.12. The Balaban J connectivity index is 3.51. The van der Waals surface area contributed by atoms with E-state index in [4.69, 9.17) is 11.6 Å². The molecule has 0 amide bonds. The summed E-state index contributed by atoms with van der Waals surface area (Å²) in [6.07, 6.45) is -4.74. The summed E-state index contributed by atoms with van der Waals surface area (Å²) < 4.78 is 59.3. The van der Waals surface area contributed by atoms with Crippen LogP contribution in [0.1, 0.15) is 27.0 Å². The van der Waals surface area contributed by atoms with Gasteiger partial charge >= 0.3 is 6.18 Å². The van der Waals surface area contributed by atoms with Crippen LogP contribution in [0.15, 0.2) is 12.1 Å². The molecule has 0 radical (unpaired) electrons. The molecule has 1 rings (SSSR count). The second-order valence-electron chi connectivity index (χ2n) is 3.59. The van der Waals surface area contributed by atoms with Crippen LogP contribution < -0.4 is 0 Å². The standard InChI is InChI=1S/C10H8ClF3O3S/c1-5-2-6(4-18(16)17)8(10(12,13)14)3-7(5)9(11)15/h2-3,18H,4H2,1H3. The highest BCUT2D eigenvalue weighted by molar-refractivity contribution is 7.71. The van der Waals surface area contributed by atoms with Gasteiger partial charge in [0.15, 0.2) is 0 Å². The Bertz CT molecular complexity index is 556. The van der Waals surface area contributed by atoms with E-state index in [9.17, 15) is 26.4 Å². The van der Waals surface area contributed by atoms with Crippen molar-refractivity contribution >= 4 is 27.5 Å². The van der Waals surface area contributed by atoms with Gasteiger partial charge in [-0.2, -0.15) is 13.2 Å². The minimum atomic E-state index is -4.74. The van der Waals surface area contributed by atoms with Crippen LogP contribution in [-0.2, 0) is 22.6 Å². The van der Waals surface area contributed by atoms with Crippen molar-refractivity contribution in [3.63, 3.8) is 0 Å². The van der Waals surface area contributed by atoms with Crippen LogP contribution in [0.4, 0.5) is 13.2 Å². The Hall–Kier alpha value is -1.08. The fourth-order valence-electron chi connectivity index (χ4n) is 1.51. The van der Waals surface area contributed by atoms with Crippen LogP contribution >= 0.6 is 11.6 Å². The van der Waals surface area contributed by atoms with Gasteiger partial charge in [0.25, 0.3) is 5.24 Å².